The van der Waals surface area contributed by atoms with Crippen LogP contribution in [0, 0.1) is 6.92 Å². The first-order chi connectivity index (χ1) is 15.7. The standard InChI is InChI=1S/C26H22ClNO4S/c1-18-24(26(29)32-17-19-7-4-3-5-8-19)16-25(20-11-13-21(27)14-12-20)28(18)22-9-6-10-23(15-22)33(2,30)31/h3-16H,17H2,1-2H3. The van der Waals surface area contributed by atoms with Gasteiger partial charge in [-0.15, -0.1) is 0 Å². The van der Waals surface area contributed by atoms with Crippen molar-refractivity contribution in [3.05, 3.63) is 107 Å². The van der Waals surface area contributed by atoms with E-state index in [2.05, 4.69) is 0 Å². The number of halogens is 1. The minimum atomic E-state index is -3.40. The summed E-state index contributed by atoms with van der Waals surface area (Å²) in [6.45, 7) is 1.97. The zero-order valence-corrected chi connectivity index (χ0v) is 19.7. The fourth-order valence-electron chi connectivity index (χ4n) is 3.63. The second kappa shape index (κ2) is 9.25. The van der Waals surface area contributed by atoms with Crippen molar-refractivity contribution in [3.8, 4) is 16.9 Å². The quantitative estimate of drug-likeness (QED) is 0.324. The number of hydrogen-bond donors (Lipinski definition) is 0. The second-order valence-corrected chi connectivity index (χ2v) is 10.2. The Bertz CT molecular complexity index is 1410. The molecule has 1 heterocycles. The summed E-state index contributed by atoms with van der Waals surface area (Å²) < 4.78 is 31.7. The Balaban J connectivity index is 1.80. The van der Waals surface area contributed by atoms with E-state index in [1.807, 2.05) is 54.0 Å². The van der Waals surface area contributed by atoms with Crippen LogP contribution >= 0.6 is 11.6 Å². The smallest absolute Gasteiger partial charge is 0.340 e. The highest BCUT2D eigenvalue weighted by atomic mass is 35.5. The minimum Gasteiger partial charge on any atom is -0.457 e. The van der Waals surface area contributed by atoms with Gasteiger partial charge in [0.2, 0.25) is 0 Å². The lowest BCUT2D eigenvalue weighted by Gasteiger charge is -2.13. The van der Waals surface area contributed by atoms with Gasteiger partial charge in [0.25, 0.3) is 0 Å². The van der Waals surface area contributed by atoms with Crippen LogP contribution in [0.1, 0.15) is 21.6 Å². The first-order valence-electron chi connectivity index (χ1n) is 10.2. The Kier molecular flexibility index (Phi) is 6.40. The number of carbonyl (C=O) groups excluding carboxylic acids is 1. The van der Waals surface area contributed by atoms with Crippen molar-refractivity contribution in [1.29, 1.82) is 0 Å². The van der Waals surface area contributed by atoms with Crippen molar-refractivity contribution < 1.29 is 17.9 Å². The molecule has 33 heavy (non-hydrogen) atoms. The Morgan fingerprint density at radius 2 is 1.64 bits per heavy atom. The number of sulfone groups is 1. The van der Waals surface area contributed by atoms with Crippen molar-refractivity contribution in [1.82, 2.24) is 4.57 Å². The monoisotopic (exact) mass is 479 g/mol. The van der Waals surface area contributed by atoms with Crippen LogP contribution in [0.3, 0.4) is 0 Å². The molecule has 0 aliphatic carbocycles. The van der Waals surface area contributed by atoms with Crippen LogP contribution < -0.4 is 0 Å². The van der Waals surface area contributed by atoms with E-state index < -0.39 is 15.8 Å². The van der Waals surface area contributed by atoms with E-state index in [0.29, 0.717) is 22.0 Å². The van der Waals surface area contributed by atoms with Gasteiger partial charge in [0.15, 0.2) is 9.84 Å². The molecule has 0 saturated carbocycles. The fourth-order valence-corrected chi connectivity index (χ4v) is 4.42. The molecule has 0 fully saturated rings. The van der Waals surface area contributed by atoms with Crippen molar-refractivity contribution in [3.63, 3.8) is 0 Å². The molecule has 1 aromatic heterocycles. The maximum atomic E-state index is 13.0. The Morgan fingerprint density at radius 3 is 2.30 bits per heavy atom. The van der Waals surface area contributed by atoms with Gasteiger partial charge in [0.1, 0.15) is 6.61 Å². The third-order valence-corrected chi connectivity index (χ3v) is 6.69. The molecule has 0 aliphatic heterocycles. The van der Waals surface area contributed by atoms with Crippen molar-refractivity contribution in [2.45, 2.75) is 18.4 Å². The third kappa shape index (κ3) is 5.02. The van der Waals surface area contributed by atoms with Crippen molar-refractivity contribution in [2.24, 2.45) is 0 Å². The molecule has 0 bridgehead atoms. The summed E-state index contributed by atoms with van der Waals surface area (Å²) in [4.78, 5) is 13.2. The summed E-state index contributed by atoms with van der Waals surface area (Å²) in [7, 11) is -3.40. The molecule has 0 radical (unpaired) electrons. The molecular formula is C26H22ClNO4S. The lowest BCUT2D eigenvalue weighted by molar-refractivity contribution is 0.0472. The number of aromatic nitrogens is 1. The van der Waals surface area contributed by atoms with E-state index in [0.717, 1.165) is 16.8 Å². The number of hydrogen-bond acceptors (Lipinski definition) is 4. The van der Waals surface area contributed by atoms with Gasteiger partial charge in [-0.1, -0.05) is 60.1 Å². The van der Waals surface area contributed by atoms with Gasteiger partial charge >= 0.3 is 5.97 Å². The van der Waals surface area contributed by atoms with Gasteiger partial charge < -0.3 is 9.30 Å². The van der Waals surface area contributed by atoms with Crippen LogP contribution in [-0.4, -0.2) is 25.2 Å². The van der Waals surface area contributed by atoms with E-state index in [9.17, 15) is 13.2 Å². The molecule has 0 spiro atoms. The molecule has 0 atom stereocenters. The maximum Gasteiger partial charge on any atom is 0.340 e. The molecule has 7 heteroatoms. The first kappa shape index (κ1) is 22.8. The molecule has 0 aliphatic rings. The summed E-state index contributed by atoms with van der Waals surface area (Å²) in [5.74, 6) is -0.454. The molecule has 4 aromatic rings. The van der Waals surface area contributed by atoms with E-state index >= 15 is 0 Å². The Morgan fingerprint density at radius 1 is 0.939 bits per heavy atom. The number of carbonyl (C=O) groups is 1. The molecule has 3 aromatic carbocycles. The van der Waals surface area contributed by atoms with Crippen LogP contribution in [-0.2, 0) is 21.2 Å². The SMILES string of the molecule is Cc1c(C(=O)OCc2ccccc2)cc(-c2ccc(Cl)cc2)n1-c1cccc(S(C)(=O)=O)c1. The predicted octanol–water partition coefficient (Wildman–Crippen LogP) is 5.87. The van der Waals surface area contributed by atoms with Gasteiger partial charge in [-0.05, 0) is 54.4 Å². The highest BCUT2D eigenvalue weighted by Crippen LogP contribution is 2.31. The normalized spacial score (nSPS) is 11.4. The van der Waals surface area contributed by atoms with Crippen molar-refractivity contribution in [2.75, 3.05) is 6.26 Å². The zero-order valence-electron chi connectivity index (χ0n) is 18.2. The summed E-state index contributed by atoms with van der Waals surface area (Å²) in [5.41, 5.74) is 4.12. The molecule has 5 nitrogen and oxygen atoms in total. The Labute approximate surface area is 198 Å². The van der Waals surface area contributed by atoms with Crippen LogP contribution in [0.2, 0.25) is 5.02 Å². The van der Waals surface area contributed by atoms with E-state index in [4.69, 9.17) is 16.3 Å². The number of esters is 1. The maximum absolute atomic E-state index is 13.0. The number of nitrogens with zero attached hydrogens (tertiary/aromatic N) is 1. The van der Waals surface area contributed by atoms with Gasteiger partial charge in [-0.25, -0.2) is 13.2 Å². The lowest BCUT2D eigenvalue weighted by atomic mass is 10.1. The van der Waals surface area contributed by atoms with Crippen LogP contribution in [0.5, 0.6) is 0 Å². The minimum absolute atomic E-state index is 0.157. The predicted molar refractivity (Wildman–Crippen MR) is 130 cm³/mol. The van der Waals surface area contributed by atoms with Crippen LogP contribution in [0.15, 0.2) is 89.8 Å². The summed E-state index contributed by atoms with van der Waals surface area (Å²) in [5, 5.41) is 0.593. The molecule has 0 unspecified atom stereocenters. The molecule has 0 amide bonds. The largest absolute Gasteiger partial charge is 0.457 e. The van der Waals surface area contributed by atoms with Crippen LogP contribution in [0.4, 0.5) is 0 Å². The van der Waals surface area contributed by atoms with Gasteiger partial charge in [-0.3, -0.25) is 0 Å². The summed E-state index contributed by atoms with van der Waals surface area (Å²) in [6, 6.07) is 25.1. The molecule has 0 N–H and O–H groups in total. The second-order valence-electron chi connectivity index (χ2n) is 7.70. The van der Waals surface area contributed by atoms with Gasteiger partial charge in [-0.2, -0.15) is 0 Å². The molecule has 168 valence electrons. The first-order valence-corrected chi connectivity index (χ1v) is 12.5. The van der Waals surface area contributed by atoms with Crippen molar-refractivity contribution >= 4 is 27.4 Å². The number of ether oxygens (including phenoxy) is 1. The molecule has 4 rings (SSSR count). The third-order valence-electron chi connectivity index (χ3n) is 5.32. The fraction of sp³-hybridized carbons (Fsp3) is 0.115. The lowest BCUT2D eigenvalue weighted by Crippen LogP contribution is -2.08. The average molecular weight is 480 g/mol. The molecular weight excluding hydrogens is 458 g/mol. The highest BCUT2D eigenvalue weighted by Gasteiger charge is 2.21. The van der Waals surface area contributed by atoms with E-state index in [1.54, 1.807) is 42.5 Å². The topological polar surface area (TPSA) is 65.4 Å². The van der Waals surface area contributed by atoms with Gasteiger partial charge in [0.05, 0.1) is 16.2 Å². The highest BCUT2D eigenvalue weighted by molar-refractivity contribution is 7.90. The van der Waals surface area contributed by atoms with E-state index in [1.165, 1.54) is 6.26 Å². The van der Waals surface area contributed by atoms with Crippen LogP contribution in [0.25, 0.3) is 16.9 Å². The zero-order chi connectivity index (χ0) is 23.6. The Hall–Kier alpha value is -3.35. The number of rotatable bonds is 6. The average Bonchev–Trinajstić information content (AvgIpc) is 3.15. The number of benzene rings is 3. The van der Waals surface area contributed by atoms with E-state index in [-0.39, 0.29) is 11.5 Å². The summed E-state index contributed by atoms with van der Waals surface area (Å²) in [6.07, 6.45) is 1.17. The summed E-state index contributed by atoms with van der Waals surface area (Å²) >= 11 is 6.07. The molecule has 0 saturated heterocycles. The van der Waals surface area contributed by atoms with Gasteiger partial charge in [0, 0.05) is 22.7 Å².